The second-order valence-corrected chi connectivity index (χ2v) is 5.50. The maximum Gasteiger partial charge on any atom is 0.188 e. The second kappa shape index (κ2) is 5.38. The molecule has 3 aromatic rings. The minimum Gasteiger partial charge on any atom is -0.330 e. The number of nitrogens with zero attached hydrogens (tertiary/aromatic N) is 2. The van der Waals surface area contributed by atoms with E-state index in [0.29, 0.717) is 0 Å². The maximum absolute atomic E-state index is 13.0. The predicted octanol–water partition coefficient (Wildman–Crippen LogP) is 4.40. The van der Waals surface area contributed by atoms with Gasteiger partial charge >= 0.3 is 0 Å². The summed E-state index contributed by atoms with van der Waals surface area (Å²) in [5.41, 5.74) is 2.69. The molecule has 0 saturated carbocycles. The van der Waals surface area contributed by atoms with Crippen molar-refractivity contribution in [1.82, 2.24) is 9.97 Å². The summed E-state index contributed by atoms with van der Waals surface area (Å²) < 4.78 is 13.0. The van der Waals surface area contributed by atoms with Gasteiger partial charge in [-0.25, -0.2) is 9.37 Å². The lowest BCUT2D eigenvalue weighted by Gasteiger charge is -2.00. The number of hydrogen-bond acceptors (Lipinski definition) is 4. The minimum atomic E-state index is -0.240. The molecular weight excluding hydrogens is 273 g/mol. The summed E-state index contributed by atoms with van der Waals surface area (Å²) in [5.74, 6) is -0.240. The van der Waals surface area contributed by atoms with E-state index in [9.17, 15) is 4.39 Å². The molecule has 2 aromatic heterocycles. The summed E-state index contributed by atoms with van der Waals surface area (Å²) in [4.78, 5) is 9.70. The van der Waals surface area contributed by atoms with E-state index in [4.69, 9.17) is 0 Å². The number of aromatic nitrogens is 2. The van der Waals surface area contributed by atoms with E-state index in [1.807, 2.05) is 19.1 Å². The average molecular weight is 285 g/mol. The number of nitrogens with one attached hydrogen (secondary N) is 1. The van der Waals surface area contributed by atoms with Gasteiger partial charge in [-0.2, -0.15) is 0 Å². The molecule has 0 aliphatic heterocycles. The standard InChI is InChI=1S/C15H12FN3S/c1-10-14(11-4-6-12(16)7-5-11)19-15(20-10)18-13-3-2-8-17-9-13/h2-9H,1H3,(H,18,19). The molecule has 100 valence electrons. The van der Waals surface area contributed by atoms with Crippen molar-refractivity contribution in [2.45, 2.75) is 6.92 Å². The van der Waals surface area contributed by atoms with Crippen LogP contribution in [0.5, 0.6) is 0 Å². The first kappa shape index (κ1) is 12.7. The van der Waals surface area contributed by atoms with Crippen LogP contribution in [-0.2, 0) is 0 Å². The fourth-order valence-corrected chi connectivity index (χ4v) is 2.74. The average Bonchev–Trinajstić information content (AvgIpc) is 2.81. The Morgan fingerprint density at radius 3 is 2.65 bits per heavy atom. The van der Waals surface area contributed by atoms with Crippen LogP contribution in [0.15, 0.2) is 48.8 Å². The Morgan fingerprint density at radius 1 is 1.15 bits per heavy atom. The molecule has 0 spiro atoms. The van der Waals surface area contributed by atoms with Crippen molar-refractivity contribution in [1.29, 1.82) is 0 Å². The van der Waals surface area contributed by atoms with Crippen LogP contribution >= 0.6 is 11.3 Å². The summed E-state index contributed by atoms with van der Waals surface area (Å²) in [6, 6.07) is 10.2. The van der Waals surface area contributed by atoms with Crippen LogP contribution in [0.25, 0.3) is 11.3 Å². The quantitative estimate of drug-likeness (QED) is 0.775. The van der Waals surface area contributed by atoms with Crippen LogP contribution in [0.1, 0.15) is 4.88 Å². The molecule has 0 saturated heterocycles. The first-order chi connectivity index (χ1) is 9.72. The van der Waals surface area contributed by atoms with Gasteiger partial charge < -0.3 is 5.32 Å². The van der Waals surface area contributed by atoms with E-state index < -0.39 is 0 Å². The van der Waals surface area contributed by atoms with Crippen molar-refractivity contribution < 1.29 is 4.39 Å². The van der Waals surface area contributed by atoms with Gasteiger partial charge in [-0.15, -0.1) is 11.3 Å². The Hall–Kier alpha value is -2.27. The van der Waals surface area contributed by atoms with E-state index in [-0.39, 0.29) is 5.82 Å². The molecule has 2 heterocycles. The molecule has 0 aliphatic rings. The molecule has 1 aromatic carbocycles. The summed E-state index contributed by atoms with van der Waals surface area (Å²) in [6.07, 6.45) is 3.47. The van der Waals surface area contributed by atoms with Gasteiger partial charge in [0.2, 0.25) is 0 Å². The van der Waals surface area contributed by atoms with Gasteiger partial charge in [-0.3, -0.25) is 4.98 Å². The van der Waals surface area contributed by atoms with Crippen LogP contribution in [0.3, 0.4) is 0 Å². The summed E-state index contributed by atoms with van der Waals surface area (Å²) in [6.45, 7) is 2.00. The Labute approximate surface area is 120 Å². The van der Waals surface area contributed by atoms with Gasteiger partial charge in [-0.05, 0) is 43.3 Å². The molecule has 20 heavy (non-hydrogen) atoms. The van der Waals surface area contributed by atoms with Gasteiger partial charge in [-0.1, -0.05) is 0 Å². The predicted molar refractivity (Wildman–Crippen MR) is 79.8 cm³/mol. The SMILES string of the molecule is Cc1sc(Nc2cccnc2)nc1-c1ccc(F)cc1. The highest BCUT2D eigenvalue weighted by atomic mass is 32.1. The number of thiazole rings is 1. The highest BCUT2D eigenvalue weighted by Gasteiger charge is 2.10. The van der Waals surface area contributed by atoms with E-state index in [1.54, 1.807) is 35.9 Å². The molecule has 0 atom stereocenters. The molecule has 0 fully saturated rings. The summed E-state index contributed by atoms with van der Waals surface area (Å²) in [5, 5.41) is 4.02. The van der Waals surface area contributed by atoms with Crippen LogP contribution in [0.2, 0.25) is 0 Å². The van der Waals surface area contributed by atoms with Crippen LogP contribution in [0, 0.1) is 12.7 Å². The topological polar surface area (TPSA) is 37.8 Å². The third-order valence-electron chi connectivity index (χ3n) is 2.83. The first-order valence-corrected chi connectivity index (χ1v) is 6.94. The third-order valence-corrected chi connectivity index (χ3v) is 3.71. The molecule has 3 nitrogen and oxygen atoms in total. The van der Waals surface area contributed by atoms with Gasteiger partial charge in [0.1, 0.15) is 5.82 Å². The largest absolute Gasteiger partial charge is 0.330 e. The second-order valence-electron chi connectivity index (χ2n) is 4.30. The van der Waals surface area contributed by atoms with Crippen molar-refractivity contribution in [3.05, 3.63) is 59.5 Å². The fraction of sp³-hybridized carbons (Fsp3) is 0.0667. The molecule has 5 heteroatoms. The van der Waals surface area contributed by atoms with Crippen molar-refractivity contribution >= 4 is 22.2 Å². The highest BCUT2D eigenvalue weighted by molar-refractivity contribution is 7.16. The van der Waals surface area contributed by atoms with Crippen LogP contribution in [0.4, 0.5) is 15.2 Å². The number of benzene rings is 1. The molecule has 0 bridgehead atoms. The molecule has 1 N–H and O–H groups in total. The lowest BCUT2D eigenvalue weighted by Crippen LogP contribution is -1.89. The minimum absolute atomic E-state index is 0.240. The number of anilines is 2. The number of hydrogen-bond donors (Lipinski definition) is 1. The number of rotatable bonds is 3. The van der Waals surface area contributed by atoms with Crippen molar-refractivity contribution in [2.75, 3.05) is 5.32 Å². The summed E-state index contributed by atoms with van der Waals surface area (Å²) in [7, 11) is 0. The Balaban J connectivity index is 1.89. The molecular formula is C15H12FN3S. The van der Waals surface area contributed by atoms with E-state index >= 15 is 0 Å². The van der Waals surface area contributed by atoms with Gasteiger partial charge in [0.05, 0.1) is 17.6 Å². The molecule has 0 aliphatic carbocycles. The Kier molecular flexibility index (Phi) is 3.43. The van der Waals surface area contributed by atoms with Crippen LogP contribution in [-0.4, -0.2) is 9.97 Å². The molecule has 3 rings (SSSR count). The molecule has 0 amide bonds. The summed E-state index contributed by atoms with van der Waals surface area (Å²) >= 11 is 1.56. The maximum atomic E-state index is 13.0. The number of aryl methyl sites for hydroxylation is 1. The zero-order valence-corrected chi connectivity index (χ0v) is 11.6. The zero-order valence-electron chi connectivity index (χ0n) is 10.8. The first-order valence-electron chi connectivity index (χ1n) is 6.13. The van der Waals surface area contributed by atoms with E-state index in [1.165, 1.54) is 12.1 Å². The number of pyridine rings is 1. The Bertz CT molecular complexity index is 708. The third kappa shape index (κ3) is 2.67. The number of halogens is 1. The normalized spacial score (nSPS) is 10.5. The molecule has 0 unspecified atom stereocenters. The molecule has 0 radical (unpaired) electrons. The lowest BCUT2D eigenvalue weighted by atomic mass is 10.1. The highest BCUT2D eigenvalue weighted by Crippen LogP contribution is 2.31. The van der Waals surface area contributed by atoms with Gasteiger partial charge in [0.25, 0.3) is 0 Å². The fourth-order valence-electron chi connectivity index (χ4n) is 1.89. The zero-order chi connectivity index (χ0) is 13.9. The monoisotopic (exact) mass is 285 g/mol. The van der Waals surface area contributed by atoms with Gasteiger partial charge in [0, 0.05) is 16.6 Å². The van der Waals surface area contributed by atoms with Crippen molar-refractivity contribution in [3.8, 4) is 11.3 Å². The van der Waals surface area contributed by atoms with Crippen molar-refractivity contribution in [3.63, 3.8) is 0 Å². The van der Waals surface area contributed by atoms with Crippen LogP contribution < -0.4 is 5.32 Å². The van der Waals surface area contributed by atoms with Gasteiger partial charge in [0.15, 0.2) is 5.13 Å². The smallest absolute Gasteiger partial charge is 0.188 e. The van der Waals surface area contributed by atoms with E-state index in [0.717, 1.165) is 27.0 Å². The van der Waals surface area contributed by atoms with Crippen molar-refractivity contribution in [2.24, 2.45) is 0 Å². The van der Waals surface area contributed by atoms with E-state index in [2.05, 4.69) is 15.3 Å². The lowest BCUT2D eigenvalue weighted by molar-refractivity contribution is 0.628. The Morgan fingerprint density at radius 2 is 1.95 bits per heavy atom.